The molecule has 0 radical (unpaired) electrons. The average Bonchev–Trinajstić information content (AvgIpc) is 2.45. The molecule has 1 saturated heterocycles. The molecule has 1 aliphatic heterocycles. The average molecular weight is 282 g/mol. The van der Waals surface area contributed by atoms with Crippen molar-refractivity contribution < 1.29 is 14.1 Å². The summed E-state index contributed by atoms with van der Waals surface area (Å²) in [5.74, 6) is 0.0440. The van der Waals surface area contributed by atoms with Crippen molar-refractivity contribution in [3.8, 4) is 0 Å². The van der Waals surface area contributed by atoms with Crippen LogP contribution in [0.5, 0.6) is 0 Å². The van der Waals surface area contributed by atoms with Crippen LogP contribution in [0, 0.1) is 21.8 Å². The predicted molar refractivity (Wildman–Crippen MR) is 72.9 cm³/mol. The summed E-state index contributed by atoms with van der Waals surface area (Å²) in [4.78, 5) is 10.4. The Morgan fingerprint density at radius 2 is 2.20 bits per heavy atom. The van der Waals surface area contributed by atoms with Gasteiger partial charge in [0.15, 0.2) is 0 Å². The lowest BCUT2D eigenvalue weighted by Crippen LogP contribution is -2.36. The van der Waals surface area contributed by atoms with Crippen molar-refractivity contribution in [2.45, 2.75) is 32.4 Å². The molecule has 2 rings (SSSR count). The van der Waals surface area contributed by atoms with E-state index in [0.717, 1.165) is 32.1 Å². The molecule has 6 heteroatoms. The number of nitro groups is 1. The molecule has 0 bridgehead atoms. The number of nitrogens with one attached hydrogen (secondary N) is 1. The molecule has 1 heterocycles. The molecule has 0 saturated carbocycles. The number of nitrogens with zero attached hydrogens (tertiary/aromatic N) is 1. The minimum atomic E-state index is -0.477. The third-order valence-corrected chi connectivity index (χ3v) is 3.83. The van der Waals surface area contributed by atoms with E-state index in [1.807, 2.05) is 0 Å². The molecule has 0 spiro atoms. The zero-order valence-corrected chi connectivity index (χ0v) is 11.5. The summed E-state index contributed by atoms with van der Waals surface area (Å²) in [6.07, 6.45) is 1.97. The topological polar surface area (TPSA) is 64.4 Å². The minimum absolute atomic E-state index is 0.0434. The molecule has 5 nitrogen and oxygen atoms in total. The first kappa shape index (κ1) is 14.9. The summed E-state index contributed by atoms with van der Waals surface area (Å²) in [6, 6.07) is 3.78. The molecule has 1 aromatic carbocycles. The van der Waals surface area contributed by atoms with E-state index < -0.39 is 10.7 Å². The fourth-order valence-electron chi connectivity index (χ4n) is 2.53. The molecule has 1 N–H and O–H groups in total. The number of hydrogen-bond acceptors (Lipinski definition) is 4. The van der Waals surface area contributed by atoms with E-state index >= 15 is 0 Å². The van der Waals surface area contributed by atoms with Gasteiger partial charge in [-0.15, -0.1) is 0 Å². The van der Waals surface area contributed by atoms with Crippen LogP contribution < -0.4 is 5.32 Å². The number of halogens is 1. The van der Waals surface area contributed by atoms with Crippen LogP contribution in [0.4, 0.5) is 10.1 Å². The Kier molecular flexibility index (Phi) is 5.03. The third kappa shape index (κ3) is 3.74. The van der Waals surface area contributed by atoms with E-state index in [1.54, 1.807) is 0 Å². The first-order chi connectivity index (χ1) is 9.58. The highest BCUT2D eigenvalue weighted by Crippen LogP contribution is 2.22. The van der Waals surface area contributed by atoms with Crippen LogP contribution in [0.1, 0.15) is 25.3 Å². The minimum Gasteiger partial charge on any atom is -0.381 e. The van der Waals surface area contributed by atoms with Crippen molar-refractivity contribution in [1.29, 1.82) is 0 Å². The zero-order chi connectivity index (χ0) is 14.5. The van der Waals surface area contributed by atoms with Gasteiger partial charge in [0.1, 0.15) is 5.82 Å². The maximum Gasteiger partial charge on any atom is 0.274 e. The van der Waals surface area contributed by atoms with Crippen molar-refractivity contribution >= 4 is 5.69 Å². The van der Waals surface area contributed by atoms with E-state index in [1.165, 1.54) is 12.1 Å². The second kappa shape index (κ2) is 6.76. The normalized spacial score (nSPS) is 17.9. The van der Waals surface area contributed by atoms with Crippen LogP contribution in [-0.4, -0.2) is 24.2 Å². The number of ether oxygens (including phenoxy) is 1. The summed E-state index contributed by atoms with van der Waals surface area (Å²) in [5, 5.41) is 14.2. The molecule has 110 valence electrons. The van der Waals surface area contributed by atoms with Crippen LogP contribution in [0.2, 0.25) is 0 Å². The SMILES string of the molecule is CC(NCc1cc(F)ccc1[N+](=O)[O-])C1CCOCC1. The van der Waals surface area contributed by atoms with E-state index in [4.69, 9.17) is 4.74 Å². The second-order valence-corrected chi connectivity index (χ2v) is 5.15. The number of rotatable bonds is 5. The number of hydrogen-bond donors (Lipinski definition) is 1. The maximum atomic E-state index is 13.2. The fourth-order valence-corrected chi connectivity index (χ4v) is 2.53. The molecule has 1 unspecified atom stereocenters. The van der Waals surface area contributed by atoms with Crippen molar-refractivity contribution in [3.05, 3.63) is 39.7 Å². The molecule has 1 aliphatic rings. The monoisotopic (exact) mass is 282 g/mol. The van der Waals surface area contributed by atoms with Crippen LogP contribution in [0.25, 0.3) is 0 Å². The molecule has 1 aromatic rings. The summed E-state index contributed by atoms with van der Waals surface area (Å²) in [5.41, 5.74) is 0.340. The fraction of sp³-hybridized carbons (Fsp3) is 0.571. The Labute approximate surface area is 117 Å². The highest BCUT2D eigenvalue weighted by molar-refractivity contribution is 5.40. The largest absolute Gasteiger partial charge is 0.381 e. The smallest absolute Gasteiger partial charge is 0.274 e. The molecule has 1 atom stereocenters. The Hall–Kier alpha value is -1.53. The summed E-state index contributed by atoms with van der Waals surface area (Å²) >= 11 is 0. The van der Waals surface area contributed by atoms with Crippen LogP contribution in [-0.2, 0) is 11.3 Å². The van der Waals surface area contributed by atoms with E-state index in [-0.39, 0.29) is 11.7 Å². The quantitative estimate of drug-likeness (QED) is 0.666. The molecule has 0 aromatic heterocycles. The zero-order valence-electron chi connectivity index (χ0n) is 11.5. The summed E-state index contributed by atoms with van der Waals surface area (Å²) in [6.45, 7) is 3.88. The van der Waals surface area contributed by atoms with Crippen molar-refractivity contribution in [3.63, 3.8) is 0 Å². The van der Waals surface area contributed by atoms with Gasteiger partial charge >= 0.3 is 0 Å². The highest BCUT2D eigenvalue weighted by Gasteiger charge is 2.21. The van der Waals surface area contributed by atoms with Crippen molar-refractivity contribution in [2.24, 2.45) is 5.92 Å². The standard InChI is InChI=1S/C14H19FN2O3/c1-10(11-4-6-20-7-5-11)16-9-12-8-13(15)2-3-14(12)17(18)19/h2-3,8,10-11,16H,4-7,9H2,1H3. The second-order valence-electron chi connectivity index (χ2n) is 5.15. The Morgan fingerprint density at radius 3 is 2.85 bits per heavy atom. The Bertz CT molecular complexity index is 475. The molecule has 0 aliphatic carbocycles. The lowest BCUT2D eigenvalue weighted by atomic mass is 9.93. The molecule has 1 fully saturated rings. The molecule has 0 amide bonds. The molecular formula is C14H19FN2O3. The van der Waals surface area contributed by atoms with E-state index in [0.29, 0.717) is 18.0 Å². The van der Waals surface area contributed by atoms with Crippen LogP contribution >= 0.6 is 0 Å². The maximum absolute atomic E-state index is 13.2. The Balaban J connectivity index is 1.99. The number of benzene rings is 1. The van der Waals surface area contributed by atoms with Gasteiger partial charge < -0.3 is 10.1 Å². The summed E-state index contributed by atoms with van der Waals surface area (Å²) in [7, 11) is 0. The van der Waals surface area contributed by atoms with Gasteiger partial charge in [0.2, 0.25) is 0 Å². The third-order valence-electron chi connectivity index (χ3n) is 3.83. The Morgan fingerprint density at radius 1 is 1.50 bits per heavy atom. The summed E-state index contributed by atoms with van der Waals surface area (Å²) < 4.78 is 18.5. The van der Waals surface area contributed by atoms with Gasteiger partial charge in [0.05, 0.1) is 4.92 Å². The van der Waals surface area contributed by atoms with E-state index in [9.17, 15) is 14.5 Å². The van der Waals surface area contributed by atoms with Gasteiger partial charge in [-0.05, 0) is 37.8 Å². The van der Waals surface area contributed by atoms with Gasteiger partial charge in [-0.25, -0.2) is 4.39 Å². The lowest BCUT2D eigenvalue weighted by Gasteiger charge is -2.28. The van der Waals surface area contributed by atoms with Gasteiger partial charge in [-0.3, -0.25) is 10.1 Å². The predicted octanol–water partition coefficient (Wildman–Crippen LogP) is 2.64. The highest BCUT2D eigenvalue weighted by atomic mass is 19.1. The molecule has 20 heavy (non-hydrogen) atoms. The number of nitro benzene ring substituents is 1. The van der Waals surface area contributed by atoms with Crippen LogP contribution in [0.15, 0.2) is 18.2 Å². The van der Waals surface area contributed by atoms with Gasteiger partial charge in [0.25, 0.3) is 5.69 Å². The van der Waals surface area contributed by atoms with Crippen molar-refractivity contribution in [2.75, 3.05) is 13.2 Å². The first-order valence-electron chi connectivity index (χ1n) is 6.82. The van der Waals surface area contributed by atoms with Gasteiger partial charge in [-0.2, -0.15) is 0 Å². The van der Waals surface area contributed by atoms with Crippen molar-refractivity contribution in [1.82, 2.24) is 5.32 Å². The lowest BCUT2D eigenvalue weighted by molar-refractivity contribution is -0.385. The van der Waals surface area contributed by atoms with Gasteiger partial charge in [-0.1, -0.05) is 0 Å². The molecular weight excluding hydrogens is 263 g/mol. The van der Waals surface area contributed by atoms with E-state index in [2.05, 4.69) is 12.2 Å². The van der Waals surface area contributed by atoms with Gasteiger partial charge in [0, 0.05) is 37.4 Å². The first-order valence-corrected chi connectivity index (χ1v) is 6.82. The van der Waals surface area contributed by atoms with Crippen LogP contribution in [0.3, 0.4) is 0 Å².